The Morgan fingerprint density at radius 1 is 1.43 bits per heavy atom. The molecule has 0 N–H and O–H groups in total. The number of carbonyl (C=O) groups excluding carboxylic acids is 1. The van der Waals surface area contributed by atoms with Crippen molar-refractivity contribution in [3.63, 3.8) is 0 Å². The van der Waals surface area contributed by atoms with E-state index in [0.29, 0.717) is 5.92 Å². The van der Waals surface area contributed by atoms with E-state index < -0.39 is 15.0 Å². The Labute approximate surface area is 129 Å². The molecule has 0 bridgehead atoms. The van der Waals surface area contributed by atoms with Crippen molar-refractivity contribution in [2.75, 3.05) is 0 Å². The molecule has 2 atom stereocenters. The SMILES string of the molecule is CCC1CCCCC1OC(=O)c1cc(S(=O)(=O)Cl)cn1C. The molecule has 0 amide bonds. The molecule has 1 fully saturated rings. The quantitative estimate of drug-likeness (QED) is 0.627. The van der Waals surface area contributed by atoms with E-state index in [1.165, 1.54) is 23.3 Å². The maximum Gasteiger partial charge on any atom is 0.355 e. The molecule has 2 rings (SSSR count). The molecule has 0 aromatic carbocycles. The largest absolute Gasteiger partial charge is 0.457 e. The summed E-state index contributed by atoms with van der Waals surface area (Å²) in [7, 11) is 3.05. The fourth-order valence-corrected chi connectivity index (χ4v) is 3.65. The predicted octanol–water partition coefficient (Wildman–Crippen LogP) is 3.08. The molecule has 0 radical (unpaired) electrons. The second kappa shape index (κ2) is 6.40. The third-order valence-electron chi connectivity index (χ3n) is 4.09. The van der Waals surface area contributed by atoms with E-state index in [1.807, 2.05) is 0 Å². The van der Waals surface area contributed by atoms with Crippen molar-refractivity contribution in [2.24, 2.45) is 13.0 Å². The molecule has 0 spiro atoms. The molecule has 1 aliphatic carbocycles. The Morgan fingerprint density at radius 3 is 2.67 bits per heavy atom. The van der Waals surface area contributed by atoms with Crippen LogP contribution in [0, 0.1) is 5.92 Å². The molecular weight excluding hydrogens is 314 g/mol. The summed E-state index contributed by atoms with van der Waals surface area (Å²) >= 11 is 0. The zero-order chi connectivity index (χ0) is 15.6. The van der Waals surface area contributed by atoms with Gasteiger partial charge in [-0.25, -0.2) is 13.2 Å². The van der Waals surface area contributed by atoms with E-state index >= 15 is 0 Å². The van der Waals surface area contributed by atoms with Crippen molar-refractivity contribution in [2.45, 2.75) is 50.0 Å². The summed E-state index contributed by atoms with van der Waals surface area (Å²) in [6, 6.07) is 1.26. The van der Waals surface area contributed by atoms with Gasteiger partial charge in [-0.15, -0.1) is 0 Å². The van der Waals surface area contributed by atoms with Crippen LogP contribution in [0.1, 0.15) is 49.5 Å². The van der Waals surface area contributed by atoms with Crippen LogP contribution < -0.4 is 0 Å². The lowest BCUT2D eigenvalue weighted by molar-refractivity contribution is -0.000231. The minimum absolute atomic E-state index is 0.0813. The van der Waals surface area contributed by atoms with Crippen molar-refractivity contribution in [3.8, 4) is 0 Å². The molecule has 0 aliphatic heterocycles. The van der Waals surface area contributed by atoms with Crippen molar-refractivity contribution in [1.82, 2.24) is 4.57 Å². The zero-order valence-corrected chi connectivity index (χ0v) is 13.8. The van der Waals surface area contributed by atoms with Gasteiger partial charge in [0.1, 0.15) is 16.7 Å². The Morgan fingerprint density at radius 2 is 2.10 bits per heavy atom. The molecule has 2 unspecified atom stereocenters. The van der Waals surface area contributed by atoms with E-state index in [4.69, 9.17) is 15.4 Å². The van der Waals surface area contributed by atoms with Gasteiger partial charge in [-0.2, -0.15) is 0 Å². The highest BCUT2D eigenvalue weighted by molar-refractivity contribution is 8.13. The number of aromatic nitrogens is 1. The number of hydrogen-bond donors (Lipinski definition) is 0. The van der Waals surface area contributed by atoms with Gasteiger partial charge in [0.25, 0.3) is 9.05 Å². The number of hydrogen-bond acceptors (Lipinski definition) is 4. The van der Waals surface area contributed by atoms with Gasteiger partial charge in [0.15, 0.2) is 0 Å². The fraction of sp³-hybridized carbons (Fsp3) is 0.643. The van der Waals surface area contributed by atoms with Gasteiger partial charge >= 0.3 is 5.97 Å². The van der Waals surface area contributed by atoms with Crippen LogP contribution in [0.25, 0.3) is 0 Å². The Hall–Kier alpha value is -1.01. The second-order valence-electron chi connectivity index (χ2n) is 5.51. The lowest BCUT2D eigenvalue weighted by Crippen LogP contribution is -2.30. The average Bonchev–Trinajstić information content (AvgIpc) is 2.81. The second-order valence-corrected chi connectivity index (χ2v) is 8.07. The van der Waals surface area contributed by atoms with E-state index in [9.17, 15) is 13.2 Å². The van der Waals surface area contributed by atoms with E-state index in [1.54, 1.807) is 7.05 Å². The average molecular weight is 334 g/mol. The molecular formula is C14H20ClNO4S. The number of carbonyl (C=O) groups is 1. The first-order valence-corrected chi connectivity index (χ1v) is 9.46. The lowest BCUT2D eigenvalue weighted by Gasteiger charge is -2.30. The Bertz CT molecular complexity index is 623. The van der Waals surface area contributed by atoms with Crippen LogP contribution in [0.5, 0.6) is 0 Å². The van der Waals surface area contributed by atoms with Gasteiger partial charge in [0.05, 0.1) is 0 Å². The molecule has 1 aliphatic rings. The highest BCUT2D eigenvalue weighted by Crippen LogP contribution is 2.30. The smallest absolute Gasteiger partial charge is 0.355 e. The maximum absolute atomic E-state index is 12.3. The molecule has 118 valence electrons. The van der Waals surface area contributed by atoms with Gasteiger partial charge < -0.3 is 9.30 Å². The van der Waals surface area contributed by atoms with Gasteiger partial charge in [-0.1, -0.05) is 13.3 Å². The van der Waals surface area contributed by atoms with Crippen molar-refractivity contribution >= 4 is 25.7 Å². The number of nitrogens with zero attached hydrogens (tertiary/aromatic N) is 1. The minimum atomic E-state index is -3.84. The van der Waals surface area contributed by atoms with Crippen LogP contribution in [0.15, 0.2) is 17.2 Å². The van der Waals surface area contributed by atoms with Crippen LogP contribution >= 0.6 is 10.7 Å². The standard InChI is InChI=1S/C14H20ClNO4S/c1-3-10-6-4-5-7-13(10)20-14(17)12-8-11(9-16(12)2)21(15,18)19/h8-10,13H,3-7H2,1-2H3. The van der Waals surface area contributed by atoms with Crippen LogP contribution in [0.3, 0.4) is 0 Å². The highest BCUT2D eigenvalue weighted by atomic mass is 35.7. The summed E-state index contributed by atoms with van der Waals surface area (Å²) < 4.78 is 29.6. The number of rotatable bonds is 4. The Kier molecular flexibility index (Phi) is 4.99. The number of esters is 1. The summed E-state index contributed by atoms with van der Waals surface area (Å²) in [6.07, 6.45) is 6.39. The molecule has 0 saturated heterocycles. The summed E-state index contributed by atoms with van der Waals surface area (Å²) in [6.45, 7) is 2.09. The summed E-state index contributed by atoms with van der Waals surface area (Å²) in [5.41, 5.74) is 0.203. The third kappa shape index (κ3) is 3.80. The fourth-order valence-electron chi connectivity index (χ4n) is 2.86. The van der Waals surface area contributed by atoms with Gasteiger partial charge in [0.2, 0.25) is 0 Å². The molecule has 5 nitrogen and oxygen atoms in total. The monoisotopic (exact) mass is 333 g/mol. The summed E-state index contributed by atoms with van der Waals surface area (Å²) in [4.78, 5) is 12.2. The molecule has 21 heavy (non-hydrogen) atoms. The topological polar surface area (TPSA) is 65.4 Å². The van der Waals surface area contributed by atoms with Gasteiger partial charge in [-0.05, 0) is 37.7 Å². The van der Waals surface area contributed by atoms with E-state index in [-0.39, 0.29) is 16.7 Å². The number of halogens is 1. The molecule has 7 heteroatoms. The number of aryl methyl sites for hydroxylation is 1. The van der Waals surface area contributed by atoms with Crippen LogP contribution in [-0.2, 0) is 20.8 Å². The highest BCUT2D eigenvalue weighted by Gasteiger charge is 2.28. The van der Waals surface area contributed by atoms with Crippen molar-refractivity contribution in [3.05, 3.63) is 18.0 Å². The van der Waals surface area contributed by atoms with Gasteiger partial charge in [0, 0.05) is 23.9 Å². The number of ether oxygens (including phenoxy) is 1. The normalized spacial score (nSPS) is 23.0. The predicted molar refractivity (Wildman–Crippen MR) is 79.9 cm³/mol. The van der Waals surface area contributed by atoms with Crippen LogP contribution in [0.2, 0.25) is 0 Å². The first-order valence-electron chi connectivity index (χ1n) is 7.15. The van der Waals surface area contributed by atoms with Crippen LogP contribution in [0.4, 0.5) is 0 Å². The first kappa shape index (κ1) is 16.4. The zero-order valence-electron chi connectivity index (χ0n) is 12.2. The lowest BCUT2D eigenvalue weighted by atomic mass is 9.85. The molecule has 1 heterocycles. The van der Waals surface area contributed by atoms with E-state index in [2.05, 4.69) is 6.92 Å². The minimum Gasteiger partial charge on any atom is -0.457 e. The summed E-state index contributed by atoms with van der Waals surface area (Å²) in [5.74, 6) is -0.103. The van der Waals surface area contributed by atoms with Gasteiger partial charge in [-0.3, -0.25) is 0 Å². The van der Waals surface area contributed by atoms with Crippen molar-refractivity contribution in [1.29, 1.82) is 0 Å². The molecule has 1 aromatic heterocycles. The van der Waals surface area contributed by atoms with Crippen LogP contribution in [-0.4, -0.2) is 25.1 Å². The van der Waals surface area contributed by atoms with E-state index in [0.717, 1.165) is 25.7 Å². The Balaban J connectivity index is 2.15. The molecule has 1 saturated carbocycles. The van der Waals surface area contributed by atoms with Crippen molar-refractivity contribution < 1.29 is 17.9 Å². The first-order chi connectivity index (χ1) is 9.82. The maximum atomic E-state index is 12.3. The molecule has 1 aromatic rings. The summed E-state index contributed by atoms with van der Waals surface area (Å²) in [5, 5.41) is 0. The third-order valence-corrected chi connectivity index (χ3v) is 5.41.